The van der Waals surface area contributed by atoms with E-state index in [0.29, 0.717) is 5.92 Å². The highest BCUT2D eigenvalue weighted by Gasteiger charge is 2.26. The van der Waals surface area contributed by atoms with Gasteiger partial charge in [-0.2, -0.15) is 0 Å². The van der Waals surface area contributed by atoms with Crippen LogP contribution in [-0.2, 0) is 31.1 Å². The molecular formula is C30H32N2. The van der Waals surface area contributed by atoms with E-state index in [1.807, 2.05) is 0 Å². The topological polar surface area (TPSA) is 28.7 Å². The predicted molar refractivity (Wildman–Crippen MR) is 135 cm³/mol. The van der Waals surface area contributed by atoms with Crippen LogP contribution < -0.4 is 0 Å². The largest absolute Gasteiger partial charge is 0.342 e. The van der Waals surface area contributed by atoms with Crippen LogP contribution in [0, 0.1) is 0 Å². The van der Waals surface area contributed by atoms with E-state index in [9.17, 15) is 0 Å². The maximum absolute atomic E-state index is 4.90. The Morgan fingerprint density at radius 2 is 1.56 bits per heavy atom. The summed E-state index contributed by atoms with van der Waals surface area (Å²) in [5, 5.41) is 2.80. The fraction of sp³-hybridized carbons (Fsp3) is 0.367. The summed E-state index contributed by atoms with van der Waals surface area (Å²) in [7, 11) is 0. The molecule has 1 heterocycles. The maximum atomic E-state index is 4.90. The van der Waals surface area contributed by atoms with Gasteiger partial charge < -0.3 is 4.98 Å². The minimum absolute atomic E-state index is 0.177. The number of rotatable bonds is 1. The van der Waals surface area contributed by atoms with Crippen molar-refractivity contribution in [3.05, 3.63) is 76.2 Å². The summed E-state index contributed by atoms with van der Waals surface area (Å²) in [6.07, 6.45) is 4.33. The van der Waals surface area contributed by atoms with Crippen LogP contribution in [-0.4, -0.2) is 9.97 Å². The molecule has 0 spiro atoms. The number of nitrogens with one attached hydrogen (secondary N) is 1. The van der Waals surface area contributed by atoms with Crippen molar-refractivity contribution in [1.29, 1.82) is 0 Å². The molecule has 1 aromatic heterocycles. The molecule has 0 bridgehead atoms. The molecule has 0 aliphatic heterocycles. The Morgan fingerprint density at radius 1 is 0.812 bits per heavy atom. The van der Waals surface area contributed by atoms with Crippen molar-refractivity contribution < 1.29 is 0 Å². The van der Waals surface area contributed by atoms with Gasteiger partial charge in [0.1, 0.15) is 5.82 Å². The van der Waals surface area contributed by atoms with Crippen molar-refractivity contribution in [2.24, 2.45) is 0 Å². The van der Waals surface area contributed by atoms with Gasteiger partial charge in [0, 0.05) is 11.5 Å². The summed E-state index contributed by atoms with van der Waals surface area (Å²) < 4.78 is 0. The summed E-state index contributed by atoms with van der Waals surface area (Å²) in [4.78, 5) is 8.55. The normalized spacial score (nSPS) is 14.8. The molecule has 2 aliphatic rings. The number of aromatic nitrogens is 2. The van der Waals surface area contributed by atoms with Crippen molar-refractivity contribution in [2.45, 2.75) is 71.6 Å². The van der Waals surface area contributed by atoms with Gasteiger partial charge in [-0.3, -0.25) is 0 Å². The summed E-state index contributed by atoms with van der Waals surface area (Å²) in [5.41, 5.74) is 12.8. The lowest BCUT2D eigenvalue weighted by Gasteiger charge is -2.26. The van der Waals surface area contributed by atoms with E-state index in [1.165, 1.54) is 61.1 Å². The number of benzene rings is 3. The van der Waals surface area contributed by atoms with Gasteiger partial charge in [0.2, 0.25) is 0 Å². The Morgan fingerprint density at radius 3 is 2.34 bits per heavy atom. The number of aromatic amines is 1. The molecule has 1 N–H and O–H groups in total. The Kier molecular flexibility index (Phi) is 4.21. The zero-order chi connectivity index (χ0) is 22.2. The second-order valence-electron chi connectivity index (χ2n) is 11.0. The first-order chi connectivity index (χ1) is 15.3. The second-order valence-corrected chi connectivity index (χ2v) is 11.0. The highest BCUT2D eigenvalue weighted by molar-refractivity contribution is 5.94. The molecule has 3 aromatic carbocycles. The number of H-pyrrole nitrogens is 1. The molecule has 2 nitrogen and oxygen atoms in total. The van der Waals surface area contributed by atoms with Crippen LogP contribution in [0.3, 0.4) is 0 Å². The molecule has 4 aromatic rings. The molecule has 0 atom stereocenters. The van der Waals surface area contributed by atoms with Gasteiger partial charge in [-0.05, 0) is 81.3 Å². The lowest BCUT2D eigenvalue weighted by atomic mass is 9.78. The van der Waals surface area contributed by atoms with Crippen molar-refractivity contribution >= 4 is 10.8 Å². The Bertz CT molecular complexity index is 1380. The number of hydrogen-bond donors (Lipinski definition) is 1. The van der Waals surface area contributed by atoms with Crippen molar-refractivity contribution in [1.82, 2.24) is 9.97 Å². The summed E-state index contributed by atoms with van der Waals surface area (Å²) in [5.74, 6) is 1.55. The molecule has 32 heavy (non-hydrogen) atoms. The van der Waals surface area contributed by atoms with E-state index >= 15 is 0 Å². The van der Waals surface area contributed by atoms with Gasteiger partial charge in [-0.15, -0.1) is 0 Å². The number of hydrogen-bond acceptors (Lipinski definition) is 1. The molecule has 0 unspecified atom stereocenters. The molecule has 162 valence electrons. The molecule has 0 fully saturated rings. The van der Waals surface area contributed by atoms with E-state index in [2.05, 4.69) is 82.1 Å². The number of imidazole rings is 1. The zero-order valence-corrected chi connectivity index (χ0v) is 19.9. The van der Waals surface area contributed by atoms with Crippen LogP contribution in [0.15, 0.2) is 42.5 Å². The third-order valence-corrected chi connectivity index (χ3v) is 7.51. The van der Waals surface area contributed by atoms with E-state index in [1.54, 1.807) is 0 Å². The molecule has 0 saturated heterocycles. The number of nitrogens with zero attached hydrogens (tertiary/aromatic N) is 1. The number of aryl methyl sites for hydroxylation is 4. The van der Waals surface area contributed by atoms with Gasteiger partial charge in [0.15, 0.2) is 0 Å². The van der Waals surface area contributed by atoms with E-state index < -0.39 is 0 Å². The third kappa shape index (κ3) is 2.96. The lowest BCUT2D eigenvalue weighted by molar-refractivity contribution is 0.591. The molecule has 0 amide bonds. The third-order valence-electron chi connectivity index (χ3n) is 7.51. The van der Waals surface area contributed by atoms with Crippen molar-refractivity contribution in [2.75, 3.05) is 0 Å². The van der Waals surface area contributed by atoms with E-state index in [0.717, 1.165) is 31.5 Å². The van der Waals surface area contributed by atoms with Crippen molar-refractivity contribution in [3.63, 3.8) is 0 Å². The van der Waals surface area contributed by atoms with Gasteiger partial charge in [-0.25, -0.2) is 4.98 Å². The average molecular weight is 421 g/mol. The van der Waals surface area contributed by atoms with Crippen LogP contribution in [0.25, 0.3) is 33.2 Å². The van der Waals surface area contributed by atoms with Crippen molar-refractivity contribution in [3.8, 4) is 22.4 Å². The number of fused-ring (bicyclic) bond motifs is 8. The van der Waals surface area contributed by atoms with Crippen LogP contribution >= 0.6 is 0 Å². The molecule has 2 aliphatic carbocycles. The highest BCUT2D eigenvalue weighted by Crippen LogP contribution is 2.43. The zero-order valence-electron chi connectivity index (χ0n) is 19.9. The highest BCUT2D eigenvalue weighted by atomic mass is 14.9. The first-order valence-electron chi connectivity index (χ1n) is 12.1. The molecule has 2 heteroatoms. The molecule has 0 saturated carbocycles. The van der Waals surface area contributed by atoms with Gasteiger partial charge in [-0.1, -0.05) is 71.0 Å². The molecular weight excluding hydrogens is 388 g/mol. The SMILES string of the molecule is CC(C)c1nc2c([nH]1)-c1cc3c(cc1CC2)-c1ccc2cc(C(C)(C)C)ccc2c1CC3. The predicted octanol–water partition coefficient (Wildman–Crippen LogP) is 7.52. The fourth-order valence-electron chi connectivity index (χ4n) is 5.59. The lowest BCUT2D eigenvalue weighted by Crippen LogP contribution is -2.11. The average Bonchev–Trinajstić information content (AvgIpc) is 3.22. The van der Waals surface area contributed by atoms with Crippen LogP contribution in [0.2, 0.25) is 0 Å². The monoisotopic (exact) mass is 420 g/mol. The second kappa shape index (κ2) is 6.81. The summed E-state index contributed by atoms with van der Waals surface area (Å²) in [6, 6.07) is 16.7. The quantitative estimate of drug-likeness (QED) is 0.339. The Labute approximate surface area is 191 Å². The summed E-state index contributed by atoms with van der Waals surface area (Å²) in [6.45, 7) is 11.3. The van der Waals surface area contributed by atoms with E-state index in [4.69, 9.17) is 4.98 Å². The van der Waals surface area contributed by atoms with Gasteiger partial charge >= 0.3 is 0 Å². The van der Waals surface area contributed by atoms with Crippen LogP contribution in [0.1, 0.15) is 74.3 Å². The van der Waals surface area contributed by atoms with Crippen LogP contribution in [0.4, 0.5) is 0 Å². The fourth-order valence-corrected chi connectivity index (χ4v) is 5.59. The van der Waals surface area contributed by atoms with E-state index in [-0.39, 0.29) is 5.41 Å². The smallest absolute Gasteiger partial charge is 0.109 e. The Hall–Kier alpha value is -2.87. The first-order valence-corrected chi connectivity index (χ1v) is 12.1. The minimum Gasteiger partial charge on any atom is -0.342 e. The van der Waals surface area contributed by atoms with Gasteiger partial charge in [0.25, 0.3) is 0 Å². The standard InChI is InChI=1S/C30H32N2/c1-17(2)29-31-27-13-8-20-15-25-19(16-26(20)28(27)32-29)7-10-23-22-12-9-21(30(3,4)5)14-18(22)6-11-24(23)25/h6,9,11-12,14-17H,7-8,10,13H2,1-5H3,(H,31,32). The van der Waals surface area contributed by atoms with Crippen LogP contribution in [0.5, 0.6) is 0 Å². The maximum Gasteiger partial charge on any atom is 0.109 e. The Balaban J connectivity index is 1.49. The summed E-state index contributed by atoms with van der Waals surface area (Å²) >= 11 is 0. The minimum atomic E-state index is 0.177. The van der Waals surface area contributed by atoms with Gasteiger partial charge in [0.05, 0.1) is 11.4 Å². The first kappa shape index (κ1) is 19.8. The molecule has 6 rings (SSSR count). The molecule has 0 radical (unpaired) electrons.